The van der Waals surface area contributed by atoms with Crippen LogP contribution in [0.1, 0.15) is 43.6 Å². The quantitative estimate of drug-likeness (QED) is 0.937. The summed E-state index contributed by atoms with van der Waals surface area (Å²) in [6.45, 7) is 2.49. The second kappa shape index (κ2) is 6.18. The third-order valence-electron chi connectivity index (χ3n) is 4.14. The summed E-state index contributed by atoms with van der Waals surface area (Å²) in [7, 11) is -3.53. The smallest absolute Gasteiger partial charge is 0.244 e. The Bertz CT molecular complexity index is 728. The van der Waals surface area contributed by atoms with Gasteiger partial charge in [-0.1, -0.05) is 31.5 Å². The van der Waals surface area contributed by atoms with Crippen LogP contribution in [-0.2, 0) is 16.4 Å². The predicted molar refractivity (Wildman–Crippen MR) is 82.7 cm³/mol. The fourth-order valence-corrected chi connectivity index (χ4v) is 4.97. The molecule has 2 aromatic rings. The Morgan fingerprint density at radius 1 is 1.32 bits per heavy atom. The van der Waals surface area contributed by atoms with Gasteiger partial charge in [0.1, 0.15) is 12.2 Å². The van der Waals surface area contributed by atoms with E-state index in [9.17, 15) is 8.42 Å². The van der Waals surface area contributed by atoms with Gasteiger partial charge in [-0.25, -0.2) is 13.4 Å². The Morgan fingerprint density at radius 3 is 2.86 bits per heavy atom. The average Bonchev–Trinajstić information content (AvgIpc) is 3.09. The van der Waals surface area contributed by atoms with Crippen molar-refractivity contribution in [2.75, 3.05) is 6.54 Å². The van der Waals surface area contributed by atoms with E-state index >= 15 is 0 Å². The molecule has 1 unspecified atom stereocenters. The zero-order valence-electron chi connectivity index (χ0n) is 12.6. The lowest BCUT2D eigenvalue weighted by Gasteiger charge is -2.33. The Kier molecular flexibility index (Phi) is 4.26. The molecule has 1 N–H and O–H groups in total. The molecule has 0 radical (unpaired) electrons. The lowest BCUT2D eigenvalue weighted by Crippen LogP contribution is -2.39. The van der Waals surface area contributed by atoms with Gasteiger partial charge in [0.05, 0.1) is 10.9 Å². The van der Waals surface area contributed by atoms with Crippen molar-refractivity contribution in [1.82, 2.24) is 19.5 Å². The molecule has 1 fully saturated rings. The van der Waals surface area contributed by atoms with Crippen molar-refractivity contribution in [2.24, 2.45) is 0 Å². The van der Waals surface area contributed by atoms with Gasteiger partial charge in [-0.2, -0.15) is 9.40 Å². The lowest BCUT2D eigenvalue weighted by molar-refractivity contribution is 0.247. The highest BCUT2D eigenvalue weighted by molar-refractivity contribution is 7.89. The summed E-state index contributed by atoms with van der Waals surface area (Å²) in [5, 5.41) is 6.68. The van der Waals surface area contributed by atoms with Crippen LogP contribution in [0.15, 0.2) is 35.5 Å². The molecule has 1 aromatic carbocycles. The molecular formula is C15H20N4O2S. The zero-order chi connectivity index (χ0) is 15.6. The third-order valence-corrected chi connectivity index (χ3v) is 6.15. The fourth-order valence-electron chi connectivity index (χ4n) is 3.02. The van der Waals surface area contributed by atoms with Crippen molar-refractivity contribution in [1.29, 1.82) is 0 Å². The maximum absolute atomic E-state index is 13.1. The molecule has 1 aliphatic rings. The van der Waals surface area contributed by atoms with Crippen molar-refractivity contribution in [2.45, 2.75) is 43.5 Å². The predicted octanol–water partition coefficient (Wildman–Crippen LogP) is 2.28. The number of H-pyrrole nitrogens is 1. The molecule has 0 amide bonds. The van der Waals surface area contributed by atoms with E-state index in [0.29, 0.717) is 23.7 Å². The van der Waals surface area contributed by atoms with Gasteiger partial charge in [0.2, 0.25) is 10.0 Å². The minimum Gasteiger partial charge on any atom is -0.262 e. The van der Waals surface area contributed by atoms with Crippen molar-refractivity contribution in [3.8, 4) is 0 Å². The molecule has 0 bridgehead atoms. The monoisotopic (exact) mass is 320 g/mol. The number of hydrogen-bond acceptors (Lipinski definition) is 4. The van der Waals surface area contributed by atoms with Crippen LogP contribution in [0.25, 0.3) is 0 Å². The van der Waals surface area contributed by atoms with Gasteiger partial charge in [-0.05, 0) is 30.9 Å². The first-order chi connectivity index (χ1) is 10.6. The molecule has 118 valence electrons. The van der Waals surface area contributed by atoms with Gasteiger partial charge in [0.15, 0.2) is 0 Å². The molecular weight excluding hydrogens is 300 g/mol. The van der Waals surface area contributed by atoms with Crippen molar-refractivity contribution < 1.29 is 8.42 Å². The number of rotatable bonds is 4. The van der Waals surface area contributed by atoms with Gasteiger partial charge in [0.25, 0.3) is 0 Å². The SMILES string of the molecule is CCc1ccccc1S(=O)(=O)N1CCCCC1c1ncn[nH]1. The largest absolute Gasteiger partial charge is 0.262 e. The summed E-state index contributed by atoms with van der Waals surface area (Å²) in [5.74, 6) is 0.622. The van der Waals surface area contributed by atoms with Crippen LogP contribution >= 0.6 is 0 Å². The van der Waals surface area contributed by atoms with Crippen LogP contribution in [0, 0.1) is 0 Å². The number of benzene rings is 1. The van der Waals surface area contributed by atoms with Crippen LogP contribution in [0.2, 0.25) is 0 Å². The summed E-state index contributed by atoms with van der Waals surface area (Å²) in [5.41, 5.74) is 0.851. The van der Waals surface area contributed by atoms with Crippen molar-refractivity contribution >= 4 is 10.0 Å². The number of nitrogens with one attached hydrogen (secondary N) is 1. The summed E-state index contributed by atoms with van der Waals surface area (Å²) in [4.78, 5) is 4.57. The molecule has 2 heterocycles. The number of aromatic nitrogens is 3. The van der Waals surface area contributed by atoms with Crippen molar-refractivity contribution in [3.05, 3.63) is 42.0 Å². The first-order valence-electron chi connectivity index (χ1n) is 7.59. The number of aryl methyl sites for hydroxylation is 1. The molecule has 7 heteroatoms. The van der Waals surface area contributed by atoms with E-state index in [1.165, 1.54) is 6.33 Å². The molecule has 0 spiro atoms. The maximum Gasteiger partial charge on any atom is 0.244 e. The first-order valence-corrected chi connectivity index (χ1v) is 9.03. The first kappa shape index (κ1) is 15.2. The molecule has 22 heavy (non-hydrogen) atoms. The van der Waals surface area contributed by atoms with Crippen LogP contribution in [0.3, 0.4) is 0 Å². The van der Waals surface area contributed by atoms with Gasteiger partial charge in [0, 0.05) is 6.54 Å². The minimum atomic E-state index is -3.53. The molecule has 1 atom stereocenters. The number of hydrogen-bond donors (Lipinski definition) is 1. The van der Waals surface area contributed by atoms with E-state index in [1.54, 1.807) is 16.4 Å². The Morgan fingerprint density at radius 2 is 2.14 bits per heavy atom. The van der Waals surface area contributed by atoms with Gasteiger partial charge in [-0.3, -0.25) is 5.10 Å². The molecule has 0 aliphatic carbocycles. The summed E-state index contributed by atoms with van der Waals surface area (Å²) in [6.07, 6.45) is 4.75. The average molecular weight is 320 g/mol. The van der Waals surface area contributed by atoms with Crippen LogP contribution in [-0.4, -0.2) is 34.4 Å². The van der Waals surface area contributed by atoms with E-state index in [-0.39, 0.29) is 6.04 Å². The normalized spacial score (nSPS) is 20.1. The molecule has 1 aliphatic heterocycles. The van der Waals surface area contributed by atoms with E-state index in [1.807, 2.05) is 19.1 Å². The lowest BCUT2D eigenvalue weighted by atomic mass is 10.0. The zero-order valence-corrected chi connectivity index (χ0v) is 13.4. The van der Waals surface area contributed by atoms with Crippen LogP contribution in [0.5, 0.6) is 0 Å². The summed E-state index contributed by atoms with van der Waals surface area (Å²) in [6, 6.07) is 6.97. The molecule has 1 saturated heterocycles. The van der Waals surface area contributed by atoms with Crippen LogP contribution < -0.4 is 0 Å². The summed E-state index contributed by atoms with van der Waals surface area (Å²) >= 11 is 0. The summed E-state index contributed by atoms with van der Waals surface area (Å²) < 4.78 is 27.8. The van der Waals surface area contributed by atoms with E-state index in [4.69, 9.17) is 0 Å². The fraction of sp³-hybridized carbons (Fsp3) is 0.467. The number of sulfonamides is 1. The van der Waals surface area contributed by atoms with Gasteiger partial charge >= 0.3 is 0 Å². The van der Waals surface area contributed by atoms with E-state index in [0.717, 1.165) is 24.8 Å². The third kappa shape index (κ3) is 2.66. The number of nitrogens with zero attached hydrogens (tertiary/aromatic N) is 3. The number of piperidine rings is 1. The Balaban J connectivity index is 2.02. The van der Waals surface area contributed by atoms with Crippen LogP contribution in [0.4, 0.5) is 0 Å². The van der Waals surface area contributed by atoms with Gasteiger partial charge < -0.3 is 0 Å². The Hall–Kier alpha value is -1.73. The second-order valence-electron chi connectivity index (χ2n) is 5.46. The topological polar surface area (TPSA) is 79.0 Å². The maximum atomic E-state index is 13.1. The molecule has 1 aromatic heterocycles. The second-order valence-corrected chi connectivity index (χ2v) is 7.32. The highest BCUT2D eigenvalue weighted by Crippen LogP contribution is 2.34. The molecule has 6 nitrogen and oxygen atoms in total. The highest BCUT2D eigenvalue weighted by Gasteiger charge is 2.36. The minimum absolute atomic E-state index is 0.258. The van der Waals surface area contributed by atoms with Crippen molar-refractivity contribution in [3.63, 3.8) is 0 Å². The van der Waals surface area contributed by atoms with Gasteiger partial charge in [-0.15, -0.1) is 0 Å². The highest BCUT2D eigenvalue weighted by atomic mass is 32.2. The number of aromatic amines is 1. The standard InChI is InChI=1S/C15H20N4O2S/c1-2-12-7-3-4-9-14(12)22(20,21)19-10-6-5-8-13(19)15-16-11-17-18-15/h3-4,7,9,11,13H,2,5-6,8,10H2,1H3,(H,16,17,18). The Labute approximate surface area is 130 Å². The van der Waals surface area contributed by atoms with E-state index in [2.05, 4.69) is 15.2 Å². The molecule has 3 rings (SSSR count). The molecule has 0 saturated carbocycles. The van der Waals surface area contributed by atoms with E-state index < -0.39 is 10.0 Å².